The van der Waals surface area contributed by atoms with E-state index in [-0.39, 0.29) is 18.2 Å². The Kier molecular flexibility index (Phi) is 6.62. The molecular formula is C21H22FN3O3S. The Labute approximate surface area is 170 Å². The fraction of sp³-hybridized carbons (Fsp3) is 0.333. The molecular weight excluding hydrogens is 393 g/mol. The monoisotopic (exact) mass is 415 g/mol. The molecule has 0 radical (unpaired) electrons. The van der Waals surface area contributed by atoms with E-state index in [2.05, 4.69) is 11.4 Å². The molecule has 29 heavy (non-hydrogen) atoms. The number of piperidine rings is 1. The van der Waals surface area contributed by atoms with Gasteiger partial charge in [0.15, 0.2) is 0 Å². The number of sulfonamides is 1. The number of nitrogens with one attached hydrogen (secondary N) is 1. The Bertz CT molecular complexity index is 999. The summed E-state index contributed by atoms with van der Waals surface area (Å²) in [6.45, 7) is 0.498. The molecule has 0 spiro atoms. The van der Waals surface area contributed by atoms with Crippen LogP contribution in [0.3, 0.4) is 0 Å². The van der Waals surface area contributed by atoms with Crippen molar-refractivity contribution in [3.05, 3.63) is 65.5 Å². The van der Waals surface area contributed by atoms with Crippen LogP contribution in [0.5, 0.6) is 0 Å². The maximum absolute atomic E-state index is 13.0. The number of nitriles is 1. The first-order valence-electron chi connectivity index (χ1n) is 9.36. The third-order valence-corrected chi connectivity index (χ3v) is 6.73. The van der Waals surface area contributed by atoms with Gasteiger partial charge >= 0.3 is 0 Å². The molecule has 0 aliphatic carbocycles. The van der Waals surface area contributed by atoms with Crippen LogP contribution >= 0.6 is 0 Å². The molecule has 1 aliphatic heterocycles. The standard InChI is InChI=1S/C21H22FN3O3S/c22-19-7-3-17(4-8-19)15-29(27,28)25-13-1-2-18(14-25)21(26)24-20-9-5-16(6-10-20)11-12-23/h3-10,18H,1-2,11,13-15H2,(H,24,26)/t18-/m0/s1. The lowest BCUT2D eigenvalue weighted by Gasteiger charge is -2.31. The number of carbonyl (C=O) groups excluding carboxylic acids is 1. The Morgan fingerprint density at radius 1 is 1.14 bits per heavy atom. The topological polar surface area (TPSA) is 90.3 Å². The summed E-state index contributed by atoms with van der Waals surface area (Å²) < 4.78 is 39.9. The third kappa shape index (κ3) is 5.62. The fourth-order valence-electron chi connectivity index (χ4n) is 3.33. The Morgan fingerprint density at radius 2 is 1.79 bits per heavy atom. The van der Waals surface area contributed by atoms with Gasteiger partial charge in [0.1, 0.15) is 5.82 Å². The lowest BCUT2D eigenvalue weighted by Crippen LogP contribution is -2.44. The summed E-state index contributed by atoms with van der Waals surface area (Å²) >= 11 is 0. The van der Waals surface area contributed by atoms with Gasteiger partial charge in [-0.05, 0) is 48.2 Å². The lowest BCUT2D eigenvalue weighted by atomic mass is 9.98. The highest BCUT2D eigenvalue weighted by Crippen LogP contribution is 2.23. The molecule has 0 saturated carbocycles. The summed E-state index contributed by atoms with van der Waals surface area (Å²) in [5.41, 5.74) is 1.99. The van der Waals surface area contributed by atoms with Gasteiger partial charge in [0, 0.05) is 18.8 Å². The Balaban J connectivity index is 1.62. The van der Waals surface area contributed by atoms with Crippen molar-refractivity contribution >= 4 is 21.6 Å². The van der Waals surface area contributed by atoms with Crippen molar-refractivity contribution in [1.29, 1.82) is 5.26 Å². The zero-order chi connectivity index (χ0) is 20.9. The van der Waals surface area contributed by atoms with Crippen LogP contribution in [0.1, 0.15) is 24.0 Å². The van der Waals surface area contributed by atoms with E-state index in [4.69, 9.17) is 5.26 Å². The number of carbonyl (C=O) groups is 1. The highest BCUT2D eigenvalue weighted by atomic mass is 32.2. The quantitative estimate of drug-likeness (QED) is 0.785. The minimum Gasteiger partial charge on any atom is -0.326 e. The van der Waals surface area contributed by atoms with Crippen molar-refractivity contribution < 1.29 is 17.6 Å². The molecule has 1 atom stereocenters. The summed E-state index contributed by atoms with van der Waals surface area (Å²) in [6.07, 6.45) is 1.51. The predicted molar refractivity (Wildman–Crippen MR) is 108 cm³/mol. The average Bonchev–Trinajstić information content (AvgIpc) is 2.71. The van der Waals surface area contributed by atoms with Crippen molar-refractivity contribution in [2.24, 2.45) is 5.92 Å². The Morgan fingerprint density at radius 3 is 2.45 bits per heavy atom. The Hall–Kier alpha value is -2.76. The van der Waals surface area contributed by atoms with Crippen LogP contribution in [0, 0.1) is 23.1 Å². The van der Waals surface area contributed by atoms with Gasteiger partial charge in [0.05, 0.1) is 24.2 Å². The molecule has 1 saturated heterocycles. The number of hydrogen-bond acceptors (Lipinski definition) is 4. The smallest absolute Gasteiger partial charge is 0.228 e. The fourth-order valence-corrected chi connectivity index (χ4v) is 4.94. The van der Waals surface area contributed by atoms with Crippen molar-refractivity contribution in [3.8, 4) is 6.07 Å². The maximum Gasteiger partial charge on any atom is 0.228 e. The first kappa shape index (κ1) is 21.0. The van der Waals surface area contributed by atoms with Crippen molar-refractivity contribution in [2.45, 2.75) is 25.0 Å². The molecule has 1 fully saturated rings. The van der Waals surface area contributed by atoms with E-state index in [1.807, 2.05) is 0 Å². The molecule has 0 aromatic heterocycles. The summed E-state index contributed by atoms with van der Waals surface area (Å²) in [4.78, 5) is 12.6. The molecule has 1 aliphatic rings. The van der Waals surface area contributed by atoms with Crippen LogP contribution in [0.2, 0.25) is 0 Å². The largest absolute Gasteiger partial charge is 0.326 e. The SMILES string of the molecule is N#CCc1ccc(NC(=O)[C@H]2CCCN(S(=O)(=O)Cc3ccc(F)cc3)C2)cc1. The first-order valence-corrected chi connectivity index (χ1v) is 11.0. The minimum atomic E-state index is -3.60. The van der Waals surface area contributed by atoms with Gasteiger partial charge < -0.3 is 5.32 Å². The maximum atomic E-state index is 13.0. The van der Waals surface area contributed by atoms with Gasteiger partial charge in [-0.2, -0.15) is 5.26 Å². The van der Waals surface area contributed by atoms with Gasteiger partial charge in [0.25, 0.3) is 0 Å². The van der Waals surface area contributed by atoms with E-state index < -0.39 is 21.8 Å². The zero-order valence-corrected chi connectivity index (χ0v) is 16.7. The van der Waals surface area contributed by atoms with Crippen LogP contribution in [-0.4, -0.2) is 31.7 Å². The number of halogens is 1. The number of rotatable bonds is 6. The van der Waals surface area contributed by atoms with Crippen LogP contribution < -0.4 is 5.32 Å². The average molecular weight is 415 g/mol. The third-order valence-electron chi connectivity index (χ3n) is 4.92. The van der Waals surface area contributed by atoms with Crippen molar-refractivity contribution in [2.75, 3.05) is 18.4 Å². The van der Waals surface area contributed by atoms with Crippen molar-refractivity contribution in [1.82, 2.24) is 4.31 Å². The second-order valence-corrected chi connectivity index (χ2v) is 9.07. The van der Waals surface area contributed by atoms with Crippen LogP contribution in [-0.2, 0) is 27.0 Å². The summed E-state index contributed by atoms with van der Waals surface area (Å²) in [5, 5.41) is 11.5. The zero-order valence-electron chi connectivity index (χ0n) is 15.8. The number of hydrogen-bond donors (Lipinski definition) is 1. The summed E-state index contributed by atoms with van der Waals surface area (Å²) in [7, 11) is -3.60. The highest BCUT2D eigenvalue weighted by molar-refractivity contribution is 7.88. The molecule has 1 heterocycles. The number of anilines is 1. The van der Waals surface area contributed by atoms with E-state index in [1.165, 1.54) is 28.6 Å². The molecule has 0 bridgehead atoms. The molecule has 2 aromatic carbocycles. The molecule has 1 N–H and O–H groups in total. The minimum absolute atomic E-state index is 0.127. The molecule has 1 amide bonds. The van der Waals surface area contributed by atoms with Gasteiger partial charge in [-0.1, -0.05) is 24.3 Å². The first-order chi connectivity index (χ1) is 13.9. The molecule has 3 rings (SSSR count). The normalized spacial score (nSPS) is 17.4. The van der Waals surface area contributed by atoms with Crippen LogP contribution in [0.15, 0.2) is 48.5 Å². The van der Waals surface area contributed by atoms with Gasteiger partial charge in [-0.15, -0.1) is 0 Å². The van der Waals surface area contributed by atoms with Crippen LogP contribution in [0.25, 0.3) is 0 Å². The number of amides is 1. The second kappa shape index (κ2) is 9.16. The van der Waals surface area contributed by atoms with Gasteiger partial charge in [-0.3, -0.25) is 4.79 Å². The van der Waals surface area contributed by atoms with E-state index in [9.17, 15) is 17.6 Å². The molecule has 152 valence electrons. The summed E-state index contributed by atoms with van der Waals surface area (Å²) in [5.74, 6) is -1.30. The lowest BCUT2D eigenvalue weighted by molar-refractivity contribution is -0.120. The van der Waals surface area contributed by atoms with Crippen LogP contribution in [0.4, 0.5) is 10.1 Å². The summed E-state index contributed by atoms with van der Waals surface area (Å²) in [6, 6.07) is 14.5. The van der Waals surface area contributed by atoms with Gasteiger partial charge in [0.2, 0.25) is 15.9 Å². The van der Waals surface area contributed by atoms with Gasteiger partial charge in [-0.25, -0.2) is 17.1 Å². The van der Waals surface area contributed by atoms with Crippen molar-refractivity contribution in [3.63, 3.8) is 0 Å². The molecule has 2 aromatic rings. The highest BCUT2D eigenvalue weighted by Gasteiger charge is 2.32. The number of nitrogens with zero attached hydrogens (tertiary/aromatic N) is 2. The van der Waals surface area contributed by atoms with E-state index in [0.29, 0.717) is 37.1 Å². The number of benzene rings is 2. The second-order valence-electron chi connectivity index (χ2n) is 7.10. The predicted octanol–water partition coefficient (Wildman–Crippen LogP) is 3.07. The van der Waals surface area contributed by atoms with E-state index in [1.54, 1.807) is 24.3 Å². The molecule has 8 heteroatoms. The van der Waals surface area contributed by atoms with E-state index in [0.717, 1.165) is 5.56 Å². The van der Waals surface area contributed by atoms with E-state index >= 15 is 0 Å². The molecule has 6 nitrogen and oxygen atoms in total. The molecule has 0 unspecified atom stereocenters.